The lowest BCUT2D eigenvalue weighted by Gasteiger charge is -2.13. The average Bonchev–Trinajstić information content (AvgIpc) is 2.41. The van der Waals surface area contributed by atoms with E-state index in [9.17, 15) is 8.78 Å². The van der Waals surface area contributed by atoms with Crippen LogP contribution in [0.4, 0.5) is 8.78 Å². The zero-order valence-electron chi connectivity index (χ0n) is 12.5. The molecule has 120 valence electrons. The second-order valence-electron chi connectivity index (χ2n) is 4.70. The molecule has 0 heterocycles. The zero-order valence-corrected chi connectivity index (χ0v) is 14.8. The van der Waals surface area contributed by atoms with E-state index in [4.69, 9.17) is 4.74 Å². The van der Waals surface area contributed by atoms with Gasteiger partial charge in [0.25, 0.3) is 0 Å². The number of nitrogens with one attached hydrogen (secondary N) is 2. The Labute approximate surface area is 141 Å². The zero-order chi connectivity index (χ0) is 15.0. The monoisotopic (exact) mass is 413 g/mol. The van der Waals surface area contributed by atoms with Gasteiger partial charge in [-0.2, -0.15) is 0 Å². The van der Waals surface area contributed by atoms with Crippen LogP contribution in [-0.2, 0) is 0 Å². The number of hydrogen-bond donors (Lipinski definition) is 2. The van der Waals surface area contributed by atoms with Crippen molar-refractivity contribution in [3.63, 3.8) is 0 Å². The highest BCUT2D eigenvalue weighted by molar-refractivity contribution is 14.0. The molecule has 21 heavy (non-hydrogen) atoms. The molecule has 0 saturated heterocycles. The molecule has 0 aliphatic heterocycles. The summed E-state index contributed by atoms with van der Waals surface area (Å²) < 4.78 is 31.0. The second-order valence-corrected chi connectivity index (χ2v) is 4.70. The van der Waals surface area contributed by atoms with E-state index in [2.05, 4.69) is 29.5 Å². The third-order valence-electron chi connectivity index (χ3n) is 2.46. The topological polar surface area (TPSA) is 45.7 Å². The van der Waals surface area contributed by atoms with Crippen LogP contribution in [0.2, 0.25) is 0 Å². The van der Waals surface area contributed by atoms with Crippen molar-refractivity contribution in [1.82, 2.24) is 10.6 Å². The van der Waals surface area contributed by atoms with Gasteiger partial charge in [0, 0.05) is 19.7 Å². The minimum atomic E-state index is -0.912. The maximum Gasteiger partial charge on any atom is 0.191 e. The van der Waals surface area contributed by atoms with Gasteiger partial charge < -0.3 is 15.4 Å². The fourth-order valence-corrected chi connectivity index (χ4v) is 1.43. The van der Waals surface area contributed by atoms with Crippen LogP contribution in [0, 0.1) is 17.6 Å². The highest BCUT2D eigenvalue weighted by atomic mass is 127. The van der Waals surface area contributed by atoms with Crippen LogP contribution < -0.4 is 15.4 Å². The van der Waals surface area contributed by atoms with Crippen LogP contribution in [0.15, 0.2) is 23.2 Å². The Hall–Kier alpha value is -1.12. The summed E-state index contributed by atoms with van der Waals surface area (Å²) >= 11 is 0. The Bertz CT molecular complexity index is 456. The second kappa shape index (κ2) is 10.6. The predicted molar refractivity (Wildman–Crippen MR) is 91.5 cm³/mol. The molecular weight excluding hydrogens is 391 g/mol. The van der Waals surface area contributed by atoms with E-state index in [0.717, 1.165) is 18.7 Å². The first-order valence-corrected chi connectivity index (χ1v) is 6.55. The molecule has 0 unspecified atom stereocenters. The van der Waals surface area contributed by atoms with Gasteiger partial charge in [0.15, 0.2) is 17.6 Å². The first-order chi connectivity index (χ1) is 9.52. The number of hydrogen-bond acceptors (Lipinski definition) is 2. The summed E-state index contributed by atoms with van der Waals surface area (Å²) in [5, 5.41) is 6.22. The Balaban J connectivity index is 0.00000400. The summed E-state index contributed by atoms with van der Waals surface area (Å²) in [6.07, 6.45) is 0. The van der Waals surface area contributed by atoms with Crippen LogP contribution in [0.3, 0.4) is 0 Å². The molecule has 0 bridgehead atoms. The van der Waals surface area contributed by atoms with Crippen molar-refractivity contribution < 1.29 is 13.5 Å². The third-order valence-corrected chi connectivity index (χ3v) is 2.46. The maximum atomic E-state index is 12.9. The lowest BCUT2D eigenvalue weighted by molar-refractivity contribution is 0.318. The molecule has 0 fully saturated rings. The van der Waals surface area contributed by atoms with Gasteiger partial charge in [0.1, 0.15) is 12.4 Å². The molecule has 0 saturated carbocycles. The molecule has 0 aromatic heterocycles. The molecule has 0 atom stereocenters. The fraction of sp³-hybridized carbons (Fsp3) is 0.500. The van der Waals surface area contributed by atoms with Gasteiger partial charge in [-0.3, -0.25) is 4.99 Å². The quantitative estimate of drug-likeness (QED) is 0.326. The number of guanidine groups is 1. The van der Waals surface area contributed by atoms with Gasteiger partial charge in [0.2, 0.25) is 0 Å². The van der Waals surface area contributed by atoms with Crippen molar-refractivity contribution in [2.75, 3.05) is 26.7 Å². The molecule has 4 nitrogen and oxygen atoms in total. The highest BCUT2D eigenvalue weighted by Gasteiger charge is 2.03. The third kappa shape index (κ3) is 8.03. The molecule has 1 aromatic carbocycles. The van der Waals surface area contributed by atoms with Crippen molar-refractivity contribution in [3.8, 4) is 5.75 Å². The van der Waals surface area contributed by atoms with Gasteiger partial charge in [-0.1, -0.05) is 13.8 Å². The summed E-state index contributed by atoms with van der Waals surface area (Å²) in [5.41, 5.74) is 0. The van der Waals surface area contributed by atoms with Crippen molar-refractivity contribution in [2.45, 2.75) is 13.8 Å². The summed E-state index contributed by atoms with van der Waals surface area (Å²) in [5.74, 6) is -0.283. The van der Waals surface area contributed by atoms with Crippen molar-refractivity contribution in [2.24, 2.45) is 10.9 Å². The van der Waals surface area contributed by atoms with Gasteiger partial charge in [-0.25, -0.2) is 8.78 Å². The summed E-state index contributed by atoms with van der Waals surface area (Å²) in [4.78, 5) is 4.06. The number of halogens is 3. The summed E-state index contributed by atoms with van der Waals surface area (Å²) in [6, 6.07) is 3.46. The SMILES string of the molecule is CN=C(NCCOc1ccc(F)c(F)c1)NCC(C)C.I. The van der Waals surface area contributed by atoms with Gasteiger partial charge in [-0.15, -0.1) is 24.0 Å². The Morgan fingerprint density at radius 2 is 1.95 bits per heavy atom. The average molecular weight is 413 g/mol. The number of ether oxygens (including phenoxy) is 1. The van der Waals surface area contributed by atoms with E-state index in [1.165, 1.54) is 6.07 Å². The van der Waals surface area contributed by atoms with Crippen LogP contribution in [-0.4, -0.2) is 32.7 Å². The molecule has 0 spiro atoms. The molecule has 1 rings (SSSR count). The highest BCUT2D eigenvalue weighted by Crippen LogP contribution is 2.14. The van der Waals surface area contributed by atoms with Crippen molar-refractivity contribution in [1.29, 1.82) is 0 Å². The van der Waals surface area contributed by atoms with E-state index < -0.39 is 11.6 Å². The smallest absolute Gasteiger partial charge is 0.191 e. The van der Waals surface area contributed by atoms with Crippen LogP contribution in [0.25, 0.3) is 0 Å². The summed E-state index contributed by atoms with van der Waals surface area (Å²) in [7, 11) is 1.69. The Morgan fingerprint density at radius 1 is 1.24 bits per heavy atom. The van der Waals surface area contributed by atoms with E-state index >= 15 is 0 Å². The lowest BCUT2D eigenvalue weighted by Crippen LogP contribution is -2.40. The van der Waals surface area contributed by atoms with Gasteiger partial charge >= 0.3 is 0 Å². The van der Waals surface area contributed by atoms with E-state index in [-0.39, 0.29) is 24.0 Å². The van der Waals surface area contributed by atoms with Crippen molar-refractivity contribution in [3.05, 3.63) is 29.8 Å². The van der Waals surface area contributed by atoms with E-state index in [1.54, 1.807) is 7.05 Å². The Morgan fingerprint density at radius 3 is 2.52 bits per heavy atom. The van der Waals surface area contributed by atoms with Crippen molar-refractivity contribution >= 4 is 29.9 Å². The number of rotatable bonds is 6. The number of benzene rings is 1. The molecule has 7 heteroatoms. The number of nitrogens with zero attached hydrogens (tertiary/aromatic N) is 1. The number of aliphatic imine (C=N–C) groups is 1. The largest absolute Gasteiger partial charge is 0.492 e. The molecule has 0 aliphatic rings. The van der Waals surface area contributed by atoms with E-state index in [0.29, 0.717) is 30.8 Å². The Kier molecular flexibility index (Phi) is 10.0. The lowest BCUT2D eigenvalue weighted by atomic mass is 10.2. The van der Waals surface area contributed by atoms with Gasteiger partial charge in [-0.05, 0) is 18.1 Å². The maximum absolute atomic E-state index is 12.9. The molecule has 0 aliphatic carbocycles. The normalized spacial score (nSPS) is 11.0. The molecule has 0 amide bonds. The summed E-state index contributed by atoms with van der Waals surface area (Å²) in [6.45, 7) is 5.87. The first-order valence-electron chi connectivity index (χ1n) is 6.55. The van der Waals surface area contributed by atoms with Crippen LogP contribution >= 0.6 is 24.0 Å². The fourth-order valence-electron chi connectivity index (χ4n) is 1.43. The minimum Gasteiger partial charge on any atom is -0.492 e. The predicted octanol–water partition coefficient (Wildman–Crippen LogP) is 2.78. The standard InChI is InChI=1S/C14H21F2N3O.HI/c1-10(2)9-19-14(17-3)18-6-7-20-11-4-5-12(15)13(16)8-11;/h4-5,8,10H,6-7,9H2,1-3H3,(H2,17,18,19);1H. The van der Waals surface area contributed by atoms with Crippen LogP contribution in [0.1, 0.15) is 13.8 Å². The molecule has 0 radical (unpaired) electrons. The molecule has 1 aromatic rings. The van der Waals surface area contributed by atoms with E-state index in [1.807, 2.05) is 0 Å². The van der Waals surface area contributed by atoms with Gasteiger partial charge in [0.05, 0.1) is 6.54 Å². The van der Waals surface area contributed by atoms with Crippen LogP contribution in [0.5, 0.6) is 5.75 Å². The first kappa shape index (κ1) is 19.9. The molecule has 2 N–H and O–H groups in total. The minimum absolute atomic E-state index is 0. The molecular formula is C14H22F2IN3O.